The second kappa shape index (κ2) is 8.26. The molecule has 1 fully saturated rings. The molecule has 1 aliphatic rings. The third-order valence-electron chi connectivity index (χ3n) is 5.42. The largest absolute Gasteiger partial charge is 0.381 e. The van der Waals surface area contributed by atoms with Crippen molar-refractivity contribution in [2.75, 3.05) is 12.4 Å². The smallest absolute Gasteiger partial charge is 0.0900 e. The highest BCUT2D eigenvalue weighted by Crippen LogP contribution is 2.45. The summed E-state index contributed by atoms with van der Waals surface area (Å²) < 4.78 is 5.17. The number of methoxy groups -OCH3 is 1. The molecule has 0 amide bonds. The highest BCUT2D eigenvalue weighted by atomic mass is 35.5. The van der Waals surface area contributed by atoms with Crippen LogP contribution in [-0.4, -0.2) is 18.1 Å². The molecular weight excluding hydrogens is 332 g/mol. The zero-order chi connectivity index (χ0) is 18.7. The van der Waals surface area contributed by atoms with Gasteiger partial charge in [-0.25, -0.2) is 0 Å². The number of halogens is 1. The van der Waals surface area contributed by atoms with Gasteiger partial charge in [0.1, 0.15) is 0 Å². The van der Waals surface area contributed by atoms with Crippen molar-refractivity contribution in [3.63, 3.8) is 0 Å². The summed E-state index contributed by atoms with van der Waals surface area (Å²) in [5, 5.41) is 4.33. The molecule has 0 aromatic carbocycles. The molecule has 0 aliphatic heterocycles. The fourth-order valence-electron chi connectivity index (χ4n) is 4.59. The second-order valence-electron chi connectivity index (χ2n) is 9.47. The number of anilines is 1. The van der Waals surface area contributed by atoms with Gasteiger partial charge < -0.3 is 10.1 Å². The van der Waals surface area contributed by atoms with Gasteiger partial charge in [0.05, 0.1) is 23.0 Å². The van der Waals surface area contributed by atoms with Gasteiger partial charge in [-0.3, -0.25) is 4.98 Å². The number of rotatable bonds is 6. The van der Waals surface area contributed by atoms with E-state index in [0.29, 0.717) is 28.5 Å². The summed E-state index contributed by atoms with van der Waals surface area (Å²) >= 11 is 6.48. The van der Waals surface area contributed by atoms with Crippen molar-refractivity contribution < 1.29 is 4.74 Å². The predicted octanol–water partition coefficient (Wildman–Crippen LogP) is 6.31. The van der Waals surface area contributed by atoms with Gasteiger partial charge in [-0.2, -0.15) is 0 Å². The average molecular weight is 367 g/mol. The van der Waals surface area contributed by atoms with Crippen molar-refractivity contribution in [3.8, 4) is 0 Å². The van der Waals surface area contributed by atoms with Crippen LogP contribution in [-0.2, 0) is 11.3 Å². The van der Waals surface area contributed by atoms with E-state index in [1.807, 2.05) is 6.07 Å². The molecule has 1 N–H and O–H groups in total. The van der Waals surface area contributed by atoms with Crippen LogP contribution in [0.5, 0.6) is 0 Å². The van der Waals surface area contributed by atoms with Gasteiger partial charge in [-0.1, -0.05) is 46.2 Å². The van der Waals surface area contributed by atoms with Crippen molar-refractivity contribution in [1.82, 2.24) is 4.98 Å². The minimum absolute atomic E-state index is 0.390. The van der Waals surface area contributed by atoms with E-state index in [1.54, 1.807) is 13.3 Å². The number of nitrogens with zero attached hydrogens (tertiary/aromatic N) is 1. The minimum Gasteiger partial charge on any atom is -0.381 e. The summed E-state index contributed by atoms with van der Waals surface area (Å²) in [5.74, 6) is 0.807. The summed E-state index contributed by atoms with van der Waals surface area (Å²) in [4.78, 5) is 4.30. The maximum atomic E-state index is 6.48. The Bertz CT molecular complexity index is 558. The van der Waals surface area contributed by atoms with Crippen molar-refractivity contribution in [1.29, 1.82) is 0 Å². The standard InChI is InChI=1S/C21H35ClN2O/c1-20(2,3)14-21(4,5)15-7-9-16(10-8-15)24-17-11-12-23-18(13-25-6)19(17)22/h11-12,15-16H,7-10,13-14H2,1-6H3,(H,23,24). The van der Waals surface area contributed by atoms with E-state index in [2.05, 4.69) is 44.9 Å². The van der Waals surface area contributed by atoms with Crippen LogP contribution in [0.4, 0.5) is 5.69 Å². The number of nitrogens with one attached hydrogen (secondary N) is 1. The predicted molar refractivity (Wildman–Crippen MR) is 107 cm³/mol. The van der Waals surface area contributed by atoms with Gasteiger partial charge in [-0.15, -0.1) is 0 Å². The zero-order valence-electron chi connectivity index (χ0n) is 16.8. The number of ether oxygens (including phenoxy) is 1. The lowest BCUT2D eigenvalue weighted by molar-refractivity contribution is 0.0968. The Kier molecular flexibility index (Phi) is 6.78. The highest BCUT2D eigenvalue weighted by Gasteiger charge is 2.35. The summed E-state index contributed by atoms with van der Waals surface area (Å²) in [5.41, 5.74) is 2.58. The van der Waals surface area contributed by atoms with Crippen LogP contribution >= 0.6 is 11.6 Å². The molecular formula is C21H35ClN2O. The SMILES string of the molecule is COCc1nccc(NC2CCC(C(C)(C)CC(C)(C)C)CC2)c1Cl. The molecule has 0 atom stereocenters. The monoisotopic (exact) mass is 366 g/mol. The van der Waals surface area contributed by atoms with Gasteiger partial charge in [0, 0.05) is 19.3 Å². The fourth-order valence-corrected chi connectivity index (χ4v) is 4.81. The van der Waals surface area contributed by atoms with Crippen LogP contribution < -0.4 is 5.32 Å². The molecule has 1 aromatic rings. The quantitative estimate of drug-likeness (QED) is 0.640. The normalized spacial score (nSPS) is 22.0. The molecule has 1 aromatic heterocycles. The van der Waals surface area contributed by atoms with Gasteiger partial charge >= 0.3 is 0 Å². The summed E-state index contributed by atoms with van der Waals surface area (Å²) in [6.07, 6.45) is 8.07. The third kappa shape index (κ3) is 5.86. The molecule has 3 nitrogen and oxygen atoms in total. The Morgan fingerprint density at radius 3 is 2.36 bits per heavy atom. The van der Waals surface area contributed by atoms with Gasteiger partial charge in [0.15, 0.2) is 0 Å². The Balaban J connectivity index is 1.94. The van der Waals surface area contributed by atoms with Crippen LogP contribution in [0.1, 0.15) is 72.4 Å². The first-order valence-electron chi connectivity index (χ1n) is 9.51. The van der Waals surface area contributed by atoms with Crippen LogP contribution in [0.25, 0.3) is 0 Å². The summed E-state index contributed by atoms with van der Waals surface area (Å²) in [7, 11) is 1.67. The molecule has 0 unspecified atom stereocenters. The van der Waals surface area contributed by atoms with Crippen LogP contribution in [0, 0.1) is 16.7 Å². The van der Waals surface area contributed by atoms with Gasteiger partial charge in [-0.05, 0) is 54.9 Å². The topological polar surface area (TPSA) is 34.1 Å². The molecule has 0 spiro atoms. The molecule has 4 heteroatoms. The molecule has 0 bridgehead atoms. The molecule has 1 heterocycles. The van der Waals surface area contributed by atoms with E-state index in [-0.39, 0.29) is 0 Å². The third-order valence-corrected chi connectivity index (χ3v) is 5.84. The molecule has 25 heavy (non-hydrogen) atoms. The lowest BCUT2D eigenvalue weighted by atomic mass is 9.64. The number of aromatic nitrogens is 1. The lowest BCUT2D eigenvalue weighted by Crippen LogP contribution is -2.35. The van der Waals surface area contributed by atoms with Gasteiger partial charge in [0.2, 0.25) is 0 Å². The van der Waals surface area contributed by atoms with E-state index in [0.717, 1.165) is 17.3 Å². The van der Waals surface area contributed by atoms with E-state index < -0.39 is 0 Å². The van der Waals surface area contributed by atoms with E-state index in [4.69, 9.17) is 16.3 Å². The number of pyridine rings is 1. The number of hydrogen-bond acceptors (Lipinski definition) is 3. The molecule has 2 rings (SSSR count). The Hall–Kier alpha value is -0.800. The first kappa shape index (κ1) is 20.5. The van der Waals surface area contributed by atoms with Crippen LogP contribution in [0.15, 0.2) is 12.3 Å². The highest BCUT2D eigenvalue weighted by molar-refractivity contribution is 6.33. The molecule has 1 saturated carbocycles. The number of hydrogen-bond donors (Lipinski definition) is 1. The Labute approximate surface area is 158 Å². The minimum atomic E-state index is 0.390. The average Bonchev–Trinajstić information content (AvgIpc) is 2.50. The maximum Gasteiger partial charge on any atom is 0.0900 e. The summed E-state index contributed by atoms with van der Waals surface area (Å²) in [6.45, 7) is 12.4. The van der Waals surface area contributed by atoms with Crippen molar-refractivity contribution >= 4 is 17.3 Å². The van der Waals surface area contributed by atoms with E-state index in [1.165, 1.54) is 32.1 Å². The van der Waals surface area contributed by atoms with E-state index in [9.17, 15) is 0 Å². The molecule has 142 valence electrons. The first-order valence-corrected chi connectivity index (χ1v) is 9.89. The van der Waals surface area contributed by atoms with Crippen molar-refractivity contribution in [3.05, 3.63) is 23.0 Å². The fraction of sp³-hybridized carbons (Fsp3) is 0.762. The zero-order valence-corrected chi connectivity index (χ0v) is 17.5. The van der Waals surface area contributed by atoms with Crippen molar-refractivity contribution in [2.45, 2.75) is 79.4 Å². The maximum absolute atomic E-state index is 6.48. The second-order valence-corrected chi connectivity index (χ2v) is 9.85. The van der Waals surface area contributed by atoms with Gasteiger partial charge in [0.25, 0.3) is 0 Å². The molecule has 0 radical (unpaired) electrons. The first-order chi connectivity index (χ1) is 11.6. The molecule has 1 aliphatic carbocycles. The molecule has 0 saturated heterocycles. The van der Waals surface area contributed by atoms with Crippen LogP contribution in [0.3, 0.4) is 0 Å². The Morgan fingerprint density at radius 1 is 1.16 bits per heavy atom. The van der Waals surface area contributed by atoms with E-state index >= 15 is 0 Å². The Morgan fingerprint density at radius 2 is 1.80 bits per heavy atom. The van der Waals surface area contributed by atoms with Crippen molar-refractivity contribution in [2.24, 2.45) is 16.7 Å². The summed E-state index contributed by atoms with van der Waals surface area (Å²) in [6, 6.07) is 2.47. The van der Waals surface area contributed by atoms with Crippen LogP contribution in [0.2, 0.25) is 5.02 Å². The lowest BCUT2D eigenvalue weighted by Gasteiger charge is -2.43.